The van der Waals surface area contributed by atoms with E-state index in [9.17, 15) is 4.79 Å². The van der Waals surface area contributed by atoms with Gasteiger partial charge in [0.2, 0.25) is 0 Å². The Kier molecular flexibility index (Phi) is 3.69. The lowest BCUT2D eigenvalue weighted by molar-refractivity contribution is -0.132. The van der Waals surface area contributed by atoms with Crippen molar-refractivity contribution in [2.24, 2.45) is 11.8 Å². The molecule has 14 heavy (non-hydrogen) atoms. The summed E-state index contributed by atoms with van der Waals surface area (Å²) in [6.45, 7) is 5.72. The lowest BCUT2D eigenvalue weighted by Gasteiger charge is -2.13. The van der Waals surface area contributed by atoms with E-state index in [1.807, 2.05) is 7.05 Å². The van der Waals surface area contributed by atoms with Crippen LogP contribution in [0.2, 0.25) is 0 Å². The van der Waals surface area contributed by atoms with Crippen molar-refractivity contribution in [1.82, 2.24) is 4.90 Å². The predicted octanol–water partition coefficient (Wildman–Crippen LogP) is 1.61. The zero-order valence-electron chi connectivity index (χ0n) is 9.16. The maximum atomic E-state index is 10.5. The van der Waals surface area contributed by atoms with Crippen LogP contribution in [0.3, 0.4) is 0 Å². The van der Waals surface area contributed by atoms with Gasteiger partial charge in [-0.05, 0) is 32.2 Å². The minimum absolute atomic E-state index is 0.431. The number of likely N-dealkylation sites (N-methyl/N-ethyl adjacent to an activating group) is 1. The van der Waals surface area contributed by atoms with E-state index >= 15 is 0 Å². The monoisotopic (exact) mass is 197 g/mol. The standard InChI is InChI=1S/C11H19NO2/c1-8(11(13)14)4-5-12(3)7-10-6-9(10)2/h4,9-10H,5-7H2,1-3H3,(H,13,14). The van der Waals surface area contributed by atoms with Crippen LogP contribution in [0.25, 0.3) is 0 Å². The number of hydrogen-bond donors (Lipinski definition) is 1. The zero-order valence-corrected chi connectivity index (χ0v) is 9.16. The summed E-state index contributed by atoms with van der Waals surface area (Å²) in [5.74, 6) is 0.874. The van der Waals surface area contributed by atoms with Crippen LogP contribution in [-0.4, -0.2) is 36.1 Å². The highest BCUT2D eigenvalue weighted by Crippen LogP contribution is 2.37. The Hall–Kier alpha value is -0.830. The van der Waals surface area contributed by atoms with E-state index in [1.165, 1.54) is 6.42 Å². The zero-order chi connectivity index (χ0) is 10.7. The fourth-order valence-electron chi connectivity index (χ4n) is 1.51. The minimum atomic E-state index is -0.821. The molecule has 2 atom stereocenters. The summed E-state index contributed by atoms with van der Waals surface area (Å²) in [4.78, 5) is 12.7. The van der Waals surface area contributed by atoms with Gasteiger partial charge in [-0.1, -0.05) is 13.0 Å². The lowest BCUT2D eigenvalue weighted by atomic mass is 10.2. The molecule has 3 nitrogen and oxygen atoms in total. The molecule has 0 radical (unpaired) electrons. The van der Waals surface area contributed by atoms with E-state index in [2.05, 4.69) is 11.8 Å². The van der Waals surface area contributed by atoms with Crippen LogP contribution in [0.4, 0.5) is 0 Å². The fraction of sp³-hybridized carbons (Fsp3) is 0.727. The van der Waals surface area contributed by atoms with Gasteiger partial charge in [-0.3, -0.25) is 0 Å². The molecule has 0 aliphatic heterocycles. The molecule has 80 valence electrons. The third kappa shape index (κ3) is 3.50. The molecule has 0 saturated heterocycles. The molecule has 0 bridgehead atoms. The average Bonchev–Trinajstić information content (AvgIpc) is 2.77. The molecule has 0 aromatic rings. The largest absolute Gasteiger partial charge is 0.478 e. The number of hydrogen-bond acceptors (Lipinski definition) is 2. The molecule has 1 N–H and O–H groups in total. The Morgan fingerprint density at radius 1 is 1.64 bits per heavy atom. The molecule has 1 rings (SSSR count). The van der Waals surface area contributed by atoms with Crippen LogP contribution in [0.15, 0.2) is 11.6 Å². The molecule has 0 heterocycles. The van der Waals surface area contributed by atoms with Gasteiger partial charge in [-0.15, -0.1) is 0 Å². The molecule has 1 aliphatic carbocycles. The summed E-state index contributed by atoms with van der Waals surface area (Å²) in [6.07, 6.45) is 3.10. The van der Waals surface area contributed by atoms with Crippen LogP contribution in [0.5, 0.6) is 0 Å². The first-order chi connectivity index (χ1) is 6.50. The first-order valence-electron chi connectivity index (χ1n) is 5.09. The first kappa shape index (κ1) is 11.2. The Labute approximate surface area is 85.4 Å². The highest BCUT2D eigenvalue weighted by molar-refractivity contribution is 5.85. The number of carboxylic acid groups (broad SMARTS) is 1. The van der Waals surface area contributed by atoms with Crippen molar-refractivity contribution in [2.75, 3.05) is 20.1 Å². The van der Waals surface area contributed by atoms with Gasteiger partial charge in [0.15, 0.2) is 0 Å². The Balaban J connectivity index is 2.23. The van der Waals surface area contributed by atoms with E-state index in [0.29, 0.717) is 5.57 Å². The van der Waals surface area contributed by atoms with Crippen molar-refractivity contribution in [3.05, 3.63) is 11.6 Å². The van der Waals surface area contributed by atoms with E-state index in [4.69, 9.17) is 5.11 Å². The second-order valence-corrected chi connectivity index (χ2v) is 4.39. The summed E-state index contributed by atoms with van der Waals surface area (Å²) in [7, 11) is 2.04. The number of nitrogens with zero attached hydrogens (tertiary/aromatic N) is 1. The van der Waals surface area contributed by atoms with Gasteiger partial charge in [-0.25, -0.2) is 4.79 Å². The molecule has 1 saturated carbocycles. The molecule has 0 amide bonds. The summed E-state index contributed by atoms with van der Waals surface area (Å²) in [5, 5.41) is 8.64. The number of carboxylic acids is 1. The van der Waals surface area contributed by atoms with Gasteiger partial charge in [0.05, 0.1) is 0 Å². The van der Waals surface area contributed by atoms with Gasteiger partial charge in [0.1, 0.15) is 0 Å². The van der Waals surface area contributed by atoms with Crippen molar-refractivity contribution in [2.45, 2.75) is 20.3 Å². The minimum Gasteiger partial charge on any atom is -0.478 e. The van der Waals surface area contributed by atoms with E-state index in [0.717, 1.165) is 24.9 Å². The number of carbonyl (C=O) groups is 1. The summed E-state index contributed by atoms with van der Waals surface area (Å²) in [6, 6.07) is 0. The molecule has 0 spiro atoms. The smallest absolute Gasteiger partial charge is 0.330 e. The molecule has 2 unspecified atom stereocenters. The van der Waals surface area contributed by atoms with Crippen LogP contribution >= 0.6 is 0 Å². The molecular weight excluding hydrogens is 178 g/mol. The van der Waals surface area contributed by atoms with E-state index in [-0.39, 0.29) is 0 Å². The van der Waals surface area contributed by atoms with Gasteiger partial charge in [-0.2, -0.15) is 0 Å². The van der Waals surface area contributed by atoms with E-state index < -0.39 is 5.97 Å². The number of rotatable bonds is 5. The molecule has 0 aromatic heterocycles. The lowest BCUT2D eigenvalue weighted by Crippen LogP contribution is -2.22. The predicted molar refractivity (Wildman–Crippen MR) is 56.2 cm³/mol. The summed E-state index contributed by atoms with van der Waals surface area (Å²) in [5.41, 5.74) is 0.431. The Bertz CT molecular complexity index is 248. The highest BCUT2D eigenvalue weighted by atomic mass is 16.4. The highest BCUT2D eigenvalue weighted by Gasteiger charge is 2.32. The van der Waals surface area contributed by atoms with Crippen LogP contribution in [0.1, 0.15) is 20.3 Å². The first-order valence-corrected chi connectivity index (χ1v) is 5.09. The van der Waals surface area contributed by atoms with Crippen LogP contribution in [-0.2, 0) is 4.79 Å². The topological polar surface area (TPSA) is 40.5 Å². The third-order valence-corrected chi connectivity index (χ3v) is 2.87. The third-order valence-electron chi connectivity index (χ3n) is 2.87. The molecular formula is C11H19NO2. The van der Waals surface area contributed by atoms with Gasteiger partial charge >= 0.3 is 5.97 Å². The van der Waals surface area contributed by atoms with Crippen LogP contribution in [0, 0.1) is 11.8 Å². The normalized spacial score (nSPS) is 26.7. The summed E-state index contributed by atoms with van der Waals surface area (Å²) < 4.78 is 0. The second-order valence-electron chi connectivity index (χ2n) is 4.39. The molecule has 0 aromatic carbocycles. The van der Waals surface area contributed by atoms with Crippen molar-refractivity contribution < 1.29 is 9.90 Å². The van der Waals surface area contributed by atoms with Crippen molar-refractivity contribution >= 4 is 5.97 Å². The second kappa shape index (κ2) is 4.60. The maximum absolute atomic E-state index is 10.5. The number of aliphatic carboxylic acids is 1. The average molecular weight is 197 g/mol. The molecule has 1 fully saturated rings. The van der Waals surface area contributed by atoms with Crippen molar-refractivity contribution in [3.63, 3.8) is 0 Å². The van der Waals surface area contributed by atoms with Gasteiger partial charge in [0.25, 0.3) is 0 Å². The maximum Gasteiger partial charge on any atom is 0.330 e. The van der Waals surface area contributed by atoms with Crippen molar-refractivity contribution in [1.29, 1.82) is 0 Å². The van der Waals surface area contributed by atoms with Gasteiger partial charge < -0.3 is 10.0 Å². The molecule has 3 heteroatoms. The summed E-state index contributed by atoms with van der Waals surface area (Å²) >= 11 is 0. The SMILES string of the molecule is CC(=CCN(C)CC1CC1C)C(=O)O. The van der Waals surface area contributed by atoms with Crippen LogP contribution < -0.4 is 0 Å². The Morgan fingerprint density at radius 3 is 2.64 bits per heavy atom. The fourth-order valence-corrected chi connectivity index (χ4v) is 1.51. The Morgan fingerprint density at radius 2 is 2.21 bits per heavy atom. The quantitative estimate of drug-likeness (QED) is 0.681. The van der Waals surface area contributed by atoms with Gasteiger partial charge in [0, 0.05) is 18.7 Å². The molecule has 1 aliphatic rings. The van der Waals surface area contributed by atoms with Crippen molar-refractivity contribution in [3.8, 4) is 0 Å². The van der Waals surface area contributed by atoms with E-state index in [1.54, 1.807) is 13.0 Å².